The van der Waals surface area contributed by atoms with Crippen molar-refractivity contribution < 1.29 is 9.90 Å². The third-order valence-corrected chi connectivity index (χ3v) is 4.07. The molecule has 1 N–H and O–H groups in total. The molecule has 1 fully saturated rings. The normalized spacial score (nSPS) is 30.5. The lowest BCUT2D eigenvalue weighted by atomic mass is 9.73. The van der Waals surface area contributed by atoms with Gasteiger partial charge in [-0.15, -0.1) is 0 Å². The van der Waals surface area contributed by atoms with Crippen LogP contribution in [0.4, 0.5) is 0 Å². The van der Waals surface area contributed by atoms with E-state index < -0.39 is 5.97 Å². The number of hydrogen-bond donors (Lipinski definition) is 1. The number of fused-ring (bicyclic) bond motifs is 2. The van der Waals surface area contributed by atoms with Gasteiger partial charge in [0.2, 0.25) is 0 Å². The molecule has 0 unspecified atom stereocenters. The minimum Gasteiger partial charge on any atom is -0.481 e. The number of aliphatic imine (C=N–C) groups is 1. The lowest BCUT2D eigenvalue weighted by Crippen LogP contribution is -2.31. The van der Waals surface area contributed by atoms with Gasteiger partial charge < -0.3 is 5.11 Å². The Morgan fingerprint density at radius 2 is 2.00 bits per heavy atom. The smallest absolute Gasteiger partial charge is 0.306 e. The first-order chi connectivity index (χ1) is 8.21. The van der Waals surface area contributed by atoms with Gasteiger partial charge in [0.25, 0.3) is 0 Å². The molecule has 1 aromatic carbocycles. The molecule has 0 aromatic heterocycles. The third-order valence-electron chi connectivity index (χ3n) is 4.07. The van der Waals surface area contributed by atoms with Gasteiger partial charge in [0.05, 0.1) is 11.5 Å². The van der Waals surface area contributed by atoms with Crippen molar-refractivity contribution in [3.05, 3.63) is 35.4 Å². The molecule has 1 aromatic rings. The van der Waals surface area contributed by atoms with Crippen LogP contribution in [0, 0.1) is 5.92 Å². The van der Waals surface area contributed by atoms with E-state index in [2.05, 4.69) is 17.1 Å². The molecule has 1 saturated carbocycles. The van der Waals surface area contributed by atoms with E-state index in [1.54, 1.807) is 0 Å². The summed E-state index contributed by atoms with van der Waals surface area (Å²) in [5, 5.41) is 9.03. The molecule has 3 heteroatoms. The van der Waals surface area contributed by atoms with Gasteiger partial charge in [0.15, 0.2) is 0 Å². The number of rotatable bonds is 1. The van der Waals surface area contributed by atoms with Crippen molar-refractivity contribution in [1.82, 2.24) is 0 Å². The van der Waals surface area contributed by atoms with Crippen LogP contribution in [0.3, 0.4) is 0 Å². The zero-order valence-electron chi connectivity index (χ0n) is 9.60. The summed E-state index contributed by atoms with van der Waals surface area (Å²) in [5.74, 6) is -0.835. The second kappa shape index (κ2) is 3.69. The highest BCUT2D eigenvalue weighted by molar-refractivity contribution is 5.86. The second-order valence-corrected chi connectivity index (χ2v) is 4.99. The zero-order valence-corrected chi connectivity index (χ0v) is 9.60. The van der Waals surface area contributed by atoms with E-state index in [4.69, 9.17) is 5.11 Å². The van der Waals surface area contributed by atoms with E-state index in [0.717, 1.165) is 25.7 Å². The highest BCUT2D eigenvalue weighted by atomic mass is 16.4. The van der Waals surface area contributed by atoms with Crippen LogP contribution in [0.2, 0.25) is 0 Å². The van der Waals surface area contributed by atoms with Gasteiger partial charge in [-0.2, -0.15) is 0 Å². The number of carboxylic acid groups (broad SMARTS) is 1. The van der Waals surface area contributed by atoms with E-state index >= 15 is 0 Å². The van der Waals surface area contributed by atoms with Gasteiger partial charge in [-0.05, 0) is 36.8 Å². The van der Waals surface area contributed by atoms with E-state index in [0.29, 0.717) is 0 Å². The van der Waals surface area contributed by atoms with Crippen LogP contribution in [0.25, 0.3) is 0 Å². The average Bonchev–Trinajstić information content (AvgIpc) is 2.70. The molecule has 0 radical (unpaired) electrons. The first-order valence-corrected chi connectivity index (χ1v) is 6.09. The number of hydrogen-bond acceptors (Lipinski definition) is 2. The summed E-state index contributed by atoms with van der Waals surface area (Å²) < 4.78 is 0. The summed E-state index contributed by atoms with van der Waals surface area (Å²) in [4.78, 5) is 15.6. The van der Waals surface area contributed by atoms with Crippen molar-refractivity contribution in [2.75, 3.05) is 0 Å². The SMILES string of the molecule is O=C(O)C1CCC2(CC1)N=Cc1ccccc12. The fourth-order valence-electron chi connectivity index (χ4n) is 3.04. The van der Waals surface area contributed by atoms with E-state index in [-0.39, 0.29) is 11.5 Å². The highest BCUT2D eigenvalue weighted by Gasteiger charge is 2.41. The molecule has 1 spiro atoms. The van der Waals surface area contributed by atoms with Crippen LogP contribution in [0.15, 0.2) is 29.3 Å². The topological polar surface area (TPSA) is 49.7 Å². The Balaban J connectivity index is 1.87. The van der Waals surface area contributed by atoms with Crippen LogP contribution < -0.4 is 0 Å². The summed E-state index contributed by atoms with van der Waals surface area (Å²) in [6.45, 7) is 0. The molecule has 1 aliphatic heterocycles. The van der Waals surface area contributed by atoms with Crippen LogP contribution in [-0.4, -0.2) is 17.3 Å². The Morgan fingerprint density at radius 1 is 1.29 bits per heavy atom. The maximum atomic E-state index is 11.0. The molecule has 0 atom stereocenters. The fraction of sp³-hybridized carbons (Fsp3) is 0.429. The van der Waals surface area contributed by atoms with Crippen molar-refractivity contribution in [2.24, 2.45) is 10.9 Å². The van der Waals surface area contributed by atoms with Gasteiger partial charge in [0, 0.05) is 6.21 Å². The molecule has 3 rings (SSSR count). The molecular formula is C14H15NO2. The lowest BCUT2D eigenvalue weighted by Gasteiger charge is -2.34. The number of benzene rings is 1. The summed E-state index contributed by atoms with van der Waals surface area (Å²) in [6, 6.07) is 8.27. The van der Waals surface area contributed by atoms with Crippen molar-refractivity contribution >= 4 is 12.2 Å². The largest absolute Gasteiger partial charge is 0.481 e. The van der Waals surface area contributed by atoms with E-state index in [9.17, 15) is 4.79 Å². The van der Waals surface area contributed by atoms with Crippen LogP contribution in [-0.2, 0) is 10.3 Å². The number of carbonyl (C=O) groups is 1. The molecule has 1 heterocycles. The minimum atomic E-state index is -0.657. The van der Waals surface area contributed by atoms with Gasteiger partial charge in [-0.25, -0.2) is 0 Å². The van der Waals surface area contributed by atoms with Crippen molar-refractivity contribution in [1.29, 1.82) is 0 Å². The first-order valence-electron chi connectivity index (χ1n) is 6.09. The van der Waals surface area contributed by atoms with Crippen molar-refractivity contribution in [3.63, 3.8) is 0 Å². The van der Waals surface area contributed by atoms with Gasteiger partial charge >= 0.3 is 5.97 Å². The van der Waals surface area contributed by atoms with Gasteiger partial charge in [-0.3, -0.25) is 9.79 Å². The summed E-state index contributed by atoms with van der Waals surface area (Å²) in [6.07, 6.45) is 5.13. The van der Waals surface area contributed by atoms with Crippen LogP contribution in [0.5, 0.6) is 0 Å². The predicted molar refractivity (Wildman–Crippen MR) is 65.3 cm³/mol. The minimum absolute atomic E-state index is 0.122. The Labute approximate surface area is 100 Å². The monoisotopic (exact) mass is 229 g/mol. The maximum Gasteiger partial charge on any atom is 0.306 e. The highest BCUT2D eigenvalue weighted by Crippen LogP contribution is 2.46. The second-order valence-electron chi connectivity index (χ2n) is 4.99. The van der Waals surface area contributed by atoms with Crippen molar-refractivity contribution in [3.8, 4) is 0 Å². The fourth-order valence-corrected chi connectivity index (χ4v) is 3.04. The Hall–Kier alpha value is -1.64. The molecule has 2 aliphatic rings. The van der Waals surface area contributed by atoms with E-state index in [1.165, 1.54) is 11.1 Å². The molecule has 0 saturated heterocycles. The quantitative estimate of drug-likeness (QED) is 0.804. The average molecular weight is 229 g/mol. The maximum absolute atomic E-state index is 11.0. The zero-order chi connectivity index (χ0) is 11.9. The predicted octanol–water partition coefficient (Wildman–Crippen LogP) is 2.59. The Kier molecular flexibility index (Phi) is 2.28. The van der Waals surface area contributed by atoms with Crippen LogP contribution in [0.1, 0.15) is 36.8 Å². The summed E-state index contributed by atoms with van der Waals surface area (Å²) >= 11 is 0. The van der Waals surface area contributed by atoms with E-state index in [1.807, 2.05) is 18.3 Å². The third kappa shape index (κ3) is 1.57. The summed E-state index contributed by atoms with van der Waals surface area (Å²) in [5.41, 5.74) is 2.35. The summed E-state index contributed by atoms with van der Waals surface area (Å²) in [7, 11) is 0. The molecule has 0 amide bonds. The van der Waals surface area contributed by atoms with Gasteiger partial charge in [0.1, 0.15) is 0 Å². The molecular weight excluding hydrogens is 214 g/mol. The molecule has 0 bridgehead atoms. The lowest BCUT2D eigenvalue weighted by molar-refractivity contribution is -0.143. The standard InChI is InChI=1S/C14H15NO2/c16-13(17)10-5-7-14(8-6-10)12-4-2-1-3-11(12)9-15-14/h1-4,9-10H,5-8H2,(H,16,17). The first kappa shape index (κ1) is 10.5. The molecule has 88 valence electrons. The molecule has 3 nitrogen and oxygen atoms in total. The Morgan fingerprint density at radius 3 is 2.71 bits per heavy atom. The van der Waals surface area contributed by atoms with Crippen molar-refractivity contribution in [2.45, 2.75) is 31.2 Å². The Bertz CT molecular complexity index is 485. The van der Waals surface area contributed by atoms with Crippen LogP contribution >= 0.6 is 0 Å². The molecule has 1 aliphatic carbocycles. The number of carboxylic acids is 1. The number of aliphatic carboxylic acids is 1. The molecule has 17 heavy (non-hydrogen) atoms. The number of nitrogens with zero attached hydrogens (tertiary/aromatic N) is 1. The van der Waals surface area contributed by atoms with Gasteiger partial charge in [-0.1, -0.05) is 24.3 Å².